The summed E-state index contributed by atoms with van der Waals surface area (Å²) in [6.07, 6.45) is 5.98. The van der Waals surface area contributed by atoms with Gasteiger partial charge in [-0.3, -0.25) is 9.69 Å². The second-order valence-electron chi connectivity index (χ2n) is 8.90. The number of methoxy groups -OCH3 is 1. The highest BCUT2D eigenvalue weighted by molar-refractivity contribution is 5.78. The van der Waals surface area contributed by atoms with E-state index in [1.54, 1.807) is 7.11 Å². The second kappa shape index (κ2) is 9.81. The summed E-state index contributed by atoms with van der Waals surface area (Å²) in [5.41, 5.74) is 1.30. The number of nitrogens with zero attached hydrogens (tertiary/aromatic N) is 3. The molecule has 0 atom stereocenters. The molecule has 0 aromatic heterocycles. The normalized spacial score (nSPS) is 22.3. The van der Waals surface area contributed by atoms with Gasteiger partial charge in [0.1, 0.15) is 5.75 Å². The third-order valence-electron chi connectivity index (χ3n) is 6.56. The number of rotatable bonds is 7. The topological polar surface area (TPSA) is 48.1 Å². The summed E-state index contributed by atoms with van der Waals surface area (Å²) in [4.78, 5) is 19.5. The molecule has 1 saturated carbocycles. The molecule has 3 aliphatic rings. The fourth-order valence-electron chi connectivity index (χ4n) is 4.60. The zero-order chi connectivity index (χ0) is 20.1. The number of hydrogen-bond donors (Lipinski definition) is 1. The van der Waals surface area contributed by atoms with E-state index in [0.717, 1.165) is 44.4 Å². The standard InChI is InChI=1S/C23H36N4O2/c1-29-22-7-5-21(6-8-22)27-12-2-11-25(15-16-27)17-19-9-13-26(14-10-19)18-23(28)24-20-3-4-20/h5-8,19-20H,2-4,9-18H2,1H3,(H,24,28). The molecule has 0 unspecified atom stereocenters. The molecule has 1 aliphatic carbocycles. The number of nitrogens with one attached hydrogen (secondary N) is 1. The monoisotopic (exact) mass is 400 g/mol. The van der Waals surface area contributed by atoms with Gasteiger partial charge in [0.2, 0.25) is 5.91 Å². The molecular formula is C23H36N4O2. The molecule has 1 aromatic rings. The first-order chi connectivity index (χ1) is 14.2. The molecule has 0 radical (unpaired) electrons. The molecule has 1 N–H and O–H groups in total. The maximum absolute atomic E-state index is 12.0. The van der Waals surface area contributed by atoms with Crippen LogP contribution in [-0.4, -0.2) is 81.2 Å². The highest BCUT2D eigenvalue weighted by Crippen LogP contribution is 2.23. The maximum Gasteiger partial charge on any atom is 0.234 e. The number of anilines is 1. The predicted octanol–water partition coefficient (Wildman–Crippen LogP) is 2.20. The number of benzene rings is 1. The fourth-order valence-corrected chi connectivity index (χ4v) is 4.60. The summed E-state index contributed by atoms with van der Waals surface area (Å²) in [6.45, 7) is 8.46. The molecule has 6 nitrogen and oxygen atoms in total. The zero-order valence-corrected chi connectivity index (χ0v) is 17.8. The third kappa shape index (κ3) is 6.09. The fraction of sp³-hybridized carbons (Fsp3) is 0.696. The Balaban J connectivity index is 1.18. The van der Waals surface area contributed by atoms with Crippen molar-refractivity contribution in [1.29, 1.82) is 0 Å². The first kappa shape index (κ1) is 20.5. The van der Waals surface area contributed by atoms with Crippen molar-refractivity contribution >= 4 is 11.6 Å². The van der Waals surface area contributed by atoms with Crippen LogP contribution in [0, 0.1) is 5.92 Å². The number of amides is 1. The van der Waals surface area contributed by atoms with Crippen LogP contribution in [-0.2, 0) is 4.79 Å². The van der Waals surface area contributed by atoms with Crippen LogP contribution in [0.4, 0.5) is 5.69 Å². The van der Waals surface area contributed by atoms with Crippen molar-refractivity contribution in [1.82, 2.24) is 15.1 Å². The molecule has 0 bridgehead atoms. The van der Waals surface area contributed by atoms with E-state index in [4.69, 9.17) is 4.74 Å². The van der Waals surface area contributed by atoms with Crippen molar-refractivity contribution in [3.63, 3.8) is 0 Å². The van der Waals surface area contributed by atoms with E-state index in [9.17, 15) is 4.79 Å². The van der Waals surface area contributed by atoms with Crippen molar-refractivity contribution < 1.29 is 9.53 Å². The second-order valence-corrected chi connectivity index (χ2v) is 8.90. The lowest BCUT2D eigenvalue weighted by molar-refractivity contribution is -0.122. The Hall–Kier alpha value is -1.79. The number of carbonyl (C=O) groups is 1. The van der Waals surface area contributed by atoms with Gasteiger partial charge in [-0.15, -0.1) is 0 Å². The van der Waals surface area contributed by atoms with Gasteiger partial charge in [0.05, 0.1) is 13.7 Å². The molecule has 4 rings (SSSR count). The highest BCUT2D eigenvalue weighted by Gasteiger charge is 2.26. The molecule has 3 fully saturated rings. The number of carbonyl (C=O) groups excluding carboxylic acids is 1. The van der Waals surface area contributed by atoms with Crippen molar-refractivity contribution in [3.8, 4) is 5.75 Å². The summed E-state index contributed by atoms with van der Waals surface area (Å²) in [7, 11) is 1.71. The van der Waals surface area contributed by atoms with Gasteiger partial charge in [-0.25, -0.2) is 0 Å². The van der Waals surface area contributed by atoms with E-state index >= 15 is 0 Å². The van der Waals surface area contributed by atoms with Crippen LogP contribution in [0.25, 0.3) is 0 Å². The van der Waals surface area contributed by atoms with Crippen LogP contribution in [0.5, 0.6) is 5.75 Å². The van der Waals surface area contributed by atoms with Gasteiger partial charge >= 0.3 is 0 Å². The Morgan fingerprint density at radius 3 is 2.41 bits per heavy atom. The smallest absolute Gasteiger partial charge is 0.234 e. The minimum absolute atomic E-state index is 0.220. The van der Waals surface area contributed by atoms with Crippen LogP contribution in [0.15, 0.2) is 24.3 Å². The predicted molar refractivity (Wildman–Crippen MR) is 117 cm³/mol. The molecule has 6 heteroatoms. The molecule has 2 aliphatic heterocycles. The molecule has 0 spiro atoms. The van der Waals surface area contributed by atoms with Crippen LogP contribution < -0.4 is 15.0 Å². The van der Waals surface area contributed by atoms with E-state index < -0.39 is 0 Å². The molecule has 1 amide bonds. The average Bonchev–Trinajstić information content (AvgIpc) is 3.57. The summed E-state index contributed by atoms with van der Waals surface area (Å²) >= 11 is 0. The minimum atomic E-state index is 0.220. The molecule has 29 heavy (non-hydrogen) atoms. The van der Waals surface area contributed by atoms with Crippen LogP contribution >= 0.6 is 0 Å². The Morgan fingerprint density at radius 1 is 0.966 bits per heavy atom. The molecule has 2 saturated heterocycles. The van der Waals surface area contributed by atoms with Crippen LogP contribution in [0.3, 0.4) is 0 Å². The Bertz CT molecular complexity index is 653. The summed E-state index contributed by atoms with van der Waals surface area (Å²) in [5, 5.41) is 3.11. The van der Waals surface area contributed by atoms with Crippen LogP contribution in [0.1, 0.15) is 32.1 Å². The molecule has 1 aromatic carbocycles. The number of hydrogen-bond acceptors (Lipinski definition) is 5. The lowest BCUT2D eigenvalue weighted by Gasteiger charge is -2.34. The summed E-state index contributed by atoms with van der Waals surface area (Å²) in [6, 6.07) is 8.92. The van der Waals surface area contributed by atoms with Gasteiger partial charge in [0.15, 0.2) is 0 Å². The van der Waals surface area contributed by atoms with Gasteiger partial charge < -0.3 is 19.9 Å². The van der Waals surface area contributed by atoms with Crippen molar-refractivity contribution in [3.05, 3.63) is 24.3 Å². The van der Waals surface area contributed by atoms with Gasteiger partial charge in [-0.2, -0.15) is 0 Å². The third-order valence-corrected chi connectivity index (χ3v) is 6.56. The van der Waals surface area contributed by atoms with Crippen molar-refractivity contribution in [2.24, 2.45) is 5.92 Å². The molecule has 160 valence electrons. The Kier molecular flexibility index (Phi) is 6.93. The largest absolute Gasteiger partial charge is 0.497 e. The maximum atomic E-state index is 12.0. The Labute approximate surface area is 175 Å². The number of ether oxygens (including phenoxy) is 1. The first-order valence-electron chi connectivity index (χ1n) is 11.3. The lowest BCUT2D eigenvalue weighted by Crippen LogP contribution is -2.44. The quantitative estimate of drug-likeness (QED) is 0.760. The van der Waals surface area contributed by atoms with Gasteiger partial charge in [0, 0.05) is 37.9 Å². The highest BCUT2D eigenvalue weighted by atomic mass is 16.5. The van der Waals surface area contributed by atoms with Crippen LogP contribution in [0.2, 0.25) is 0 Å². The zero-order valence-electron chi connectivity index (χ0n) is 17.8. The van der Waals surface area contributed by atoms with Gasteiger partial charge in [-0.1, -0.05) is 0 Å². The summed E-state index contributed by atoms with van der Waals surface area (Å²) < 4.78 is 5.28. The van der Waals surface area contributed by atoms with Gasteiger partial charge in [-0.05, 0) is 81.9 Å². The first-order valence-corrected chi connectivity index (χ1v) is 11.3. The minimum Gasteiger partial charge on any atom is -0.497 e. The Morgan fingerprint density at radius 2 is 1.72 bits per heavy atom. The lowest BCUT2D eigenvalue weighted by atomic mass is 9.96. The van der Waals surface area contributed by atoms with Gasteiger partial charge in [0.25, 0.3) is 0 Å². The van der Waals surface area contributed by atoms with E-state index in [0.29, 0.717) is 12.6 Å². The molecule has 2 heterocycles. The molecular weight excluding hydrogens is 364 g/mol. The summed E-state index contributed by atoms with van der Waals surface area (Å²) in [5.74, 6) is 1.91. The van der Waals surface area contributed by atoms with Crippen molar-refractivity contribution in [2.75, 3.05) is 64.4 Å². The average molecular weight is 401 g/mol. The van der Waals surface area contributed by atoms with Crippen molar-refractivity contribution in [2.45, 2.75) is 38.1 Å². The number of likely N-dealkylation sites (tertiary alicyclic amines) is 1. The number of piperidine rings is 1. The van der Waals surface area contributed by atoms with E-state index in [-0.39, 0.29) is 5.91 Å². The van der Waals surface area contributed by atoms with E-state index in [1.807, 2.05) is 0 Å². The SMILES string of the molecule is COc1ccc(N2CCCN(CC3CCN(CC(=O)NC4CC4)CC3)CC2)cc1. The van der Waals surface area contributed by atoms with E-state index in [2.05, 4.69) is 44.3 Å². The van der Waals surface area contributed by atoms with E-state index in [1.165, 1.54) is 50.9 Å².